The largest absolute Gasteiger partial charge is 0.481 e. The second kappa shape index (κ2) is 7.84. The number of carboxylic acids is 1. The highest BCUT2D eigenvalue weighted by molar-refractivity contribution is 5.66. The van der Waals surface area contributed by atoms with Crippen LogP contribution in [-0.2, 0) is 4.79 Å². The van der Waals surface area contributed by atoms with Gasteiger partial charge in [0.25, 0.3) is 0 Å². The SMILES string of the molecule is CCCC(CC)CC(CC)CC(=O)O. The number of hydrogen-bond acceptors (Lipinski definition) is 1. The van der Waals surface area contributed by atoms with Crippen LogP contribution in [0.15, 0.2) is 0 Å². The van der Waals surface area contributed by atoms with Crippen LogP contribution >= 0.6 is 0 Å². The van der Waals surface area contributed by atoms with E-state index in [9.17, 15) is 4.79 Å². The summed E-state index contributed by atoms with van der Waals surface area (Å²) in [5.74, 6) is 0.455. The average Bonchev–Trinajstić information content (AvgIpc) is 2.15. The van der Waals surface area contributed by atoms with Crippen molar-refractivity contribution in [3.63, 3.8) is 0 Å². The molecule has 2 atom stereocenters. The molecule has 0 aromatic carbocycles. The first kappa shape index (κ1) is 13.5. The average molecular weight is 200 g/mol. The lowest BCUT2D eigenvalue weighted by atomic mass is 9.86. The maximum Gasteiger partial charge on any atom is 0.303 e. The predicted octanol–water partition coefficient (Wildman–Crippen LogP) is 3.70. The number of rotatable bonds is 8. The summed E-state index contributed by atoms with van der Waals surface area (Å²) < 4.78 is 0. The number of carbonyl (C=O) groups is 1. The zero-order valence-electron chi connectivity index (χ0n) is 9.75. The normalized spacial score (nSPS) is 15.1. The van der Waals surface area contributed by atoms with Gasteiger partial charge in [0, 0.05) is 6.42 Å². The van der Waals surface area contributed by atoms with E-state index in [-0.39, 0.29) is 0 Å². The van der Waals surface area contributed by atoms with Gasteiger partial charge in [0.15, 0.2) is 0 Å². The Morgan fingerprint density at radius 3 is 2.07 bits per heavy atom. The molecule has 84 valence electrons. The van der Waals surface area contributed by atoms with Gasteiger partial charge in [-0.1, -0.05) is 46.5 Å². The van der Waals surface area contributed by atoms with E-state index in [1.807, 2.05) is 0 Å². The van der Waals surface area contributed by atoms with Gasteiger partial charge in [-0.15, -0.1) is 0 Å². The molecule has 0 aliphatic carbocycles. The molecule has 2 nitrogen and oxygen atoms in total. The van der Waals surface area contributed by atoms with Crippen molar-refractivity contribution in [2.45, 2.75) is 59.3 Å². The Balaban J connectivity index is 3.93. The molecule has 1 N–H and O–H groups in total. The minimum atomic E-state index is -0.650. The second-order valence-electron chi connectivity index (χ2n) is 4.17. The summed E-state index contributed by atoms with van der Waals surface area (Å²) in [7, 11) is 0. The lowest BCUT2D eigenvalue weighted by molar-refractivity contribution is -0.138. The van der Waals surface area contributed by atoms with E-state index in [1.54, 1.807) is 0 Å². The summed E-state index contributed by atoms with van der Waals surface area (Å²) in [6, 6.07) is 0. The maximum atomic E-state index is 10.6. The fourth-order valence-electron chi connectivity index (χ4n) is 2.01. The lowest BCUT2D eigenvalue weighted by Gasteiger charge is -2.19. The van der Waals surface area contributed by atoms with Crippen molar-refractivity contribution in [3.05, 3.63) is 0 Å². The highest BCUT2D eigenvalue weighted by atomic mass is 16.4. The monoisotopic (exact) mass is 200 g/mol. The van der Waals surface area contributed by atoms with Gasteiger partial charge in [-0.2, -0.15) is 0 Å². The maximum absolute atomic E-state index is 10.6. The summed E-state index contributed by atoms with van der Waals surface area (Å²) in [5, 5.41) is 8.73. The third kappa shape index (κ3) is 6.01. The second-order valence-corrected chi connectivity index (χ2v) is 4.17. The van der Waals surface area contributed by atoms with Gasteiger partial charge in [0.1, 0.15) is 0 Å². The van der Waals surface area contributed by atoms with E-state index in [2.05, 4.69) is 20.8 Å². The van der Waals surface area contributed by atoms with E-state index >= 15 is 0 Å². The molecule has 0 amide bonds. The summed E-state index contributed by atoms with van der Waals surface area (Å²) in [5.41, 5.74) is 0. The minimum Gasteiger partial charge on any atom is -0.481 e. The standard InChI is InChI=1S/C12H24O2/c1-4-7-10(5-2)8-11(6-3)9-12(13)14/h10-11H,4-9H2,1-3H3,(H,13,14). The third-order valence-electron chi connectivity index (χ3n) is 2.98. The van der Waals surface area contributed by atoms with Crippen molar-refractivity contribution in [1.29, 1.82) is 0 Å². The first-order valence-electron chi connectivity index (χ1n) is 5.85. The predicted molar refractivity (Wildman–Crippen MR) is 59.3 cm³/mol. The van der Waals surface area contributed by atoms with Gasteiger partial charge in [0.2, 0.25) is 0 Å². The smallest absolute Gasteiger partial charge is 0.303 e. The van der Waals surface area contributed by atoms with Crippen LogP contribution in [0, 0.1) is 11.8 Å². The Labute approximate surface area is 87.7 Å². The first-order valence-corrected chi connectivity index (χ1v) is 5.85. The molecule has 0 bridgehead atoms. The number of carboxylic acid groups (broad SMARTS) is 1. The molecule has 0 aliphatic heterocycles. The van der Waals surface area contributed by atoms with Crippen LogP contribution in [0.1, 0.15) is 59.3 Å². The molecule has 0 aromatic heterocycles. The van der Waals surface area contributed by atoms with Gasteiger partial charge in [0.05, 0.1) is 0 Å². The molecule has 0 radical (unpaired) electrons. The molecule has 0 heterocycles. The zero-order valence-corrected chi connectivity index (χ0v) is 9.75. The van der Waals surface area contributed by atoms with Gasteiger partial charge in [-0.3, -0.25) is 4.79 Å². The molecular weight excluding hydrogens is 176 g/mol. The van der Waals surface area contributed by atoms with E-state index in [0.717, 1.165) is 18.8 Å². The molecule has 0 saturated carbocycles. The Kier molecular flexibility index (Phi) is 7.54. The molecule has 0 aliphatic rings. The zero-order chi connectivity index (χ0) is 11.0. The summed E-state index contributed by atoms with van der Waals surface area (Å²) in [4.78, 5) is 10.6. The van der Waals surface area contributed by atoms with Crippen LogP contribution in [0.3, 0.4) is 0 Å². The van der Waals surface area contributed by atoms with Crippen LogP contribution in [0.5, 0.6) is 0 Å². The fraction of sp³-hybridized carbons (Fsp3) is 0.917. The van der Waals surface area contributed by atoms with Crippen LogP contribution < -0.4 is 0 Å². The minimum absolute atomic E-state index is 0.344. The van der Waals surface area contributed by atoms with Gasteiger partial charge < -0.3 is 5.11 Å². The highest BCUT2D eigenvalue weighted by Crippen LogP contribution is 2.24. The van der Waals surface area contributed by atoms with E-state index in [0.29, 0.717) is 12.3 Å². The summed E-state index contributed by atoms with van der Waals surface area (Å²) in [6.07, 6.45) is 6.06. The van der Waals surface area contributed by atoms with Crippen LogP contribution in [0.25, 0.3) is 0 Å². The van der Waals surface area contributed by atoms with Crippen molar-refractivity contribution in [2.24, 2.45) is 11.8 Å². The Hall–Kier alpha value is -0.530. The van der Waals surface area contributed by atoms with Crippen LogP contribution in [-0.4, -0.2) is 11.1 Å². The summed E-state index contributed by atoms with van der Waals surface area (Å²) in [6.45, 7) is 6.49. The quantitative estimate of drug-likeness (QED) is 0.648. The molecular formula is C12H24O2. The van der Waals surface area contributed by atoms with Crippen molar-refractivity contribution < 1.29 is 9.90 Å². The molecule has 0 fully saturated rings. The first-order chi connectivity index (χ1) is 6.63. The number of aliphatic carboxylic acids is 1. The Morgan fingerprint density at radius 1 is 1.14 bits per heavy atom. The molecule has 2 heteroatoms. The Morgan fingerprint density at radius 2 is 1.71 bits per heavy atom. The fourth-order valence-corrected chi connectivity index (χ4v) is 2.01. The molecule has 14 heavy (non-hydrogen) atoms. The van der Waals surface area contributed by atoms with Gasteiger partial charge in [-0.25, -0.2) is 0 Å². The Bertz CT molecular complexity index is 154. The molecule has 0 saturated heterocycles. The molecule has 0 aromatic rings. The van der Waals surface area contributed by atoms with Gasteiger partial charge >= 0.3 is 5.97 Å². The molecule has 0 rings (SSSR count). The van der Waals surface area contributed by atoms with Crippen LogP contribution in [0.4, 0.5) is 0 Å². The van der Waals surface area contributed by atoms with Crippen LogP contribution in [0.2, 0.25) is 0 Å². The van der Waals surface area contributed by atoms with E-state index in [4.69, 9.17) is 5.11 Å². The van der Waals surface area contributed by atoms with Crippen molar-refractivity contribution in [2.75, 3.05) is 0 Å². The molecule has 0 spiro atoms. The van der Waals surface area contributed by atoms with Crippen molar-refractivity contribution >= 4 is 5.97 Å². The van der Waals surface area contributed by atoms with Crippen molar-refractivity contribution in [1.82, 2.24) is 0 Å². The van der Waals surface area contributed by atoms with Crippen molar-refractivity contribution in [3.8, 4) is 0 Å². The summed E-state index contributed by atoms with van der Waals surface area (Å²) >= 11 is 0. The van der Waals surface area contributed by atoms with Gasteiger partial charge in [-0.05, 0) is 18.3 Å². The van der Waals surface area contributed by atoms with E-state index < -0.39 is 5.97 Å². The van der Waals surface area contributed by atoms with E-state index in [1.165, 1.54) is 19.3 Å². The highest BCUT2D eigenvalue weighted by Gasteiger charge is 2.15. The lowest BCUT2D eigenvalue weighted by Crippen LogP contribution is -2.12. The topological polar surface area (TPSA) is 37.3 Å². The third-order valence-corrected chi connectivity index (χ3v) is 2.98. The molecule has 2 unspecified atom stereocenters. The number of hydrogen-bond donors (Lipinski definition) is 1.